The van der Waals surface area contributed by atoms with Crippen LogP contribution < -0.4 is 14.0 Å². The van der Waals surface area contributed by atoms with Crippen LogP contribution in [0, 0.1) is 5.92 Å². The van der Waals surface area contributed by atoms with Gasteiger partial charge in [0.25, 0.3) is 0 Å². The van der Waals surface area contributed by atoms with Gasteiger partial charge in [-0.05, 0) is 0 Å². The molecule has 0 saturated heterocycles. The van der Waals surface area contributed by atoms with Gasteiger partial charge in [-0.25, -0.2) is 0 Å². The molecule has 2 N–H and O–H groups in total. The van der Waals surface area contributed by atoms with Crippen LogP contribution in [-0.4, -0.2) is 64.6 Å². The number of rotatable bonds is 16. The van der Waals surface area contributed by atoms with Crippen molar-refractivity contribution in [1.82, 2.24) is 5.32 Å². The summed E-state index contributed by atoms with van der Waals surface area (Å²) in [5.74, 6) is -1.92. The van der Waals surface area contributed by atoms with Crippen LogP contribution in [0.3, 0.4) is 0 Å². The molecule has 4 rings (SSSR count). The summed E-state index contributed by atoms with van der Waals surface area (Å²) in [6, 6.07) is 27.7. The molecule has 10 nitrogen and oxygen atoms in total. The van der Waals surface area contributed by atoms with Crippen molar-refractivity contribution < 1.29 is 37.4 Å². The molecule has 1 amide bonds. The Morgan fingerprint density at radius 3 is 2.08 bits per heavy atom. The molecule has 4 aromatic rings. The van der Waals surface area contributed by atoms with Crippen molar-refractivity contribution >= 4 is 64.0 Å². The van der Waals surface area contributed by atoms with Gasteiger partial charge in [0.2, 0.25) is 0 Å². The fourth-order valence-electron chi connectivity index (χ4n) is 4.70. The van der Waals surface area contributed by atoms with Crippen molar-refractivity contribution in [2.75, 3.05) is 10.9 Å². The van der Waals surface area contributed by atoms with Crippen molar-refractivity contribution in [3.05, 3.63) is 125 Å². The van der Waals surface area contributed by atoms with Crippen molar-refractivity contribution in [3.8, 4) is 0 Å². The number of nitrogens with one attached hydrogen (secondary N) is 1. The van der Waals surface area contributed by atoms with E-state index in [9.17, 15) is 27.9 Å². The predicted octanol–water partition coefficient (Wildman–Crippen LogP) is 5.01. The van der Waals surface area contributed by atoms with Gasteiger partial charge in [0, 0.05) is 0 Å². The number of aliphatic carboxylic acids is 1. The number of ether oxygens (including phenoxy) is 2. The average molecular weight is 754 g/mol. The Bertz CT molecular complexity index is 1810. The van der Waals surface area contributed by atoms with Crippen LogP contribution in [0.4, 0.5) is 10.5 Å². The normalized spacial score (nSPS) is 12.8. The van der Waals surface area contributed by atoms with Gasteiger partial charge in [-0.15, -0.1) is 0 Å². The number of carboxylic acids is 1. The predicted molar refractivity (Wildman–Crippen MR) is 184 cm³/mol. The van der Waals surface area contributed by atoms with Crippen LogP contribution in [0.15, 0.2) is 114 Å². The zero-order valence-corrected chi connectivity index (χ0v) is 29.7. The molecule has 2 atom stereocenters. The number of alkyl carbamates (subject to hydrolysis) is 1. The molecule has 0 heterocycles. The third-order valence-corrected chi connectivity index (χ3v) is 11.3. The van der Waals surface area contributed by atoms with Crippen molar-refractivity contribution in [1.29, 1.82) is 0 Å². The molecule has 1 unspecified atom stereocenters. The molecule has 0 aliphatic rings. The first kappa shape index (κ1) is 36.7. The van der Waals surface area contributed by atoms with Gasteiger partial charge in [-0.2, -0.15) is 0 Å². The van der Waals surface area contributed by atoms with E-state index in [1.54, 1.807) is 38.1 Å². The molecule has 0 bridgehead atoms. The molecule has 4 aromatic carbocycles. The summed E-state index contributed by atoms with van der Waals surface area (Å²) >= 11 is 4.82. The number of carbonyl (C=O) groups is 3. The second kappa shape index (κ2) is 17.3. The number of carbonyl (C=O) groups excluding carboxylic acids is 2. The SMILES string of the molecule is CC(C)C(C(=O)O)N(c1cccc(Cl)c1)S(=O)(=O)c1cccc([As]C(=O)[C@@H](COCc2ccccc2)NC(=O)OCc2ccccc2)c1. The summed E-state index contributed by atoms with van der Waals surface area (Å²) < 4.78 is 40.3. The second-order valence-corrected chi connectivity index (χ2v) is 15.7. The van der Waals surface area contributed by atoms with Crippen LogP contribution in [0.1, 0.15) is 25.0 Å². The van der Waals surface area contributed by atoms with Gasteiger partial charge in [0.15, 0.2) is 0 Å². The van der Waals surface area contributed by atoms with Crippen LogP contribution in [0.25, 0.3) is 0 Å². The molecule has 13 heteroatoms. The summed E-state index contributed by atoms with van der Waals surface area (Å²) in [7, 11) is -4.45. The molecule has 251 valence electrons. The minimum atomic E-state index is -4.45. The molecule has 0 aromatic heterocycles. The standard InChI is InChI=1S/C35H35AsClN2O8S/c1-24(2)32(34(41)42)39(29-17-10-16-28(37)20-29)48(44,45)30-18-9-15-27(19-30)36-33(40)31(23-46-21-25-11-5-3-6-12-25)38-35(43)47-22-26-13-7-4-8-14-26/h3-20,24,31-32H,21-23H2,1-2H3,(H,38,43)(H,41,42)/t31-,32?/m1/s1. The van der Waals surface area contributed by atoms with E-state index in [0.717, 1.165) is 15.4 Å². The first-order valence-corrected chi connectivity index (χ1v) is 18.6. The van der Waals surface area contributed by atoms with Gasteiger partial charge >= 0.3 is 293 Å². The van der Waals surface area contributed by atoms with Crippen molar-refractivity contribution in [2.45, 2.75) is 44.0 Å². The molecule has 0 aliphatic carbocycles. The third-order valence-electron chi connectivity index (χ3n) is 7.01. The molecular weight excluding hydrogens is 719 g/mol. The zero-order chi connectivity index (χ0) is 34.7. The molecule has 48 heavy (non-hydrogen) atoms. The average Bonchev–Trinajstić information content (AvgIpc) is 3.06. The van der Waals surface area contributed by atoms with Crippen LogP contribution in [0.5, 0.6) is 0 Å². The summed E-state index contributed by atoms with van der Waals surface area (Å²) in [5, 5.41) is 12.9. The Balaban J connectivity index is 1.56. The van der Waals surface area contributed by atoms with Gasteiger partial charge in [-0.3, -0.25) is 0 Å². The quantitative estimate of drug-likeness (QED) is 0.152. The number of carboxylic acid groups (broad SMARTS) is 1. The Labute approximate surface area is 291 Å². The number of nitrogens with zero attached hydrogens (tertiary/aromatic N) is 1. The van der Waals surface area contributed by atoms with E-state index in [1.807, 2.05) is 48.5 Å². The zero-order valence-electron chi connectivity index (χ0n) is 26.2. The van der Waals surface area contributed by atoms with Gasteiger partial charge in [-0.1, -0.05) is 0 Å². The van der Waals surface area contributed by atoms with E-state index < -0.39 is 55.8 Å². The van der Waals surface area contributed by atoms with Crippen LogP contribution in [0.2, 0.25) is 5.02 Å². The Hall–Kier alpha value is -4.15. The Morgan fingerprint density at radius 1 is 0.854 bits per heavy atom. The van der Waals surface area contributed by atoms with E-state index in [-0.39, 0.29) is 40.0 Å². The van der Waals surface area contributed by atoms with E-state index in [0.29, 0.717) is 4.35 Å². The summed E-state index contributed by atoms with van der Waals surface area (Å²) in [4.78, 5) is 38.6. The number of hydrogen-bond acceptors (Lipinski definition) is 7. The van der Waals surface area contributed by atoms with Crippen LogP contribution in [-0.2, 0) is 42.3 Å². The third kappa shape index (κ3) is 10.2. The van der Waals surface area contributed by atoms with Gasteiger partial charge in [0.05, 0.1) is 0 Å². The summed E-state index contributed by atoms with van der Waals surface area (Å²) in [5.41, 5.74) is 1.74. The fraction of sp³-hybridized carbons (Fsp3) is 0.229. The topological polar surface area (TPSA) is 139 Å². The number of amides is 1. The van der Waals surface area contributed by atoms with Gasteiger partial charge < -0.3 is 0 Å². The Morgan fingerprint density at radius 2 is 1.48 bits per heavy atom. The molecular formula is C35H35AsClN2O8S. The van der Waals surface area contributed by atoms with E-state index >= 15 is 0 Å². The molecule has 0 spiro atoms. The molecule has 0 fully saturated rings. The molecule has 1 radical (unpaired) electrons. The number of hydrogen-bond donors (Lipinski definition) is 2. The Kier molecular flexibility index (Phi) is 13.2. The monoisotopic (exact) mass is 753 g/mol. The number of benzene rings is 4. The summed E-state index contributed by atoms with van der Waals surface area (Å²) in [6.45, 7) is 3.30. The number of sulfonamides is 1. The number of halogens is 1. The summed E-state index contributed by atoms with van der Waals surface area (Å²) in [6.07, 6.45) is -0.802. The molecule has 0 aliphatic heterocycles. The maximum absolute atomic E-state index is 14.1. The van der Waals surface area contributed by atoms with Gasteiger partial charge in [0.1, 0.15) is 0 Å². The minimum absolute atomic E-state index is 0.00289. The van der Waals surface area contributed by atoms with Crippen LogP contribution >= 0.6 is 11.6 Å². The van der Waals surface area contributed by atoms with Crippen molar-refractivity contribution in [3.63, 3.8) is 0 Å². The van der Waals surface area contributed by atoms with Crippen molar-refractivity contribution in [2.24, 2.45) is 5.92 Å². The number of anilines is 1. The molecule has 0 saturated carbocycles. The first-order chi connectivity index (χ1) is 23.0. The van der Waals surface area contributed by atoms with E-state index in [2.05, 4.69) is 5.32 Å². The van der Waals surface area contributed by atoms with E-state index in [1.165, 1.54) is 36.4 Å². The first-order valence-electron chi connectivity index (χ1n) is 14.9. The van der Waals surface area contributed by atoms with E-state index in [4.69, 9.17) is 21.1 Å². The second-order valence-electron chi connectivity index (χ2n) is 11.0. The maximum atomic E-state index is 14.1. The fourth-order valence-corrected chi connectivity index (χ4v) is 8.77.